The average molecular weight is 1170 g/mol. The number of carbonyl (C=O) groups excluding carboxylic acids is 4. The molecule has 0 bridgehead atoms. The Labute approximate surface area is 482 Å². The first-order chi connectivity index (χ1) is 39.1. The topological polar surface area (TPSA) is 245 Å². The van der Waals surface area contributed by atoms with E-state index in [1.54, 1.807) is 50.2 Å². The number of Topliss-reactive ketones (excluding diaryl/α,β-unsaturated/α-hetero) is 1. The predicted molar refractivity (Wildman–Crippen MR) is 305 cm³/mol. The molecule has 0 saturated carbocycles. The third-order valence-corrected chi connectivity index (χ3v) is 16.4. The van der Waals surface area contributed by atoms with Crippen LogP contribution in [0.25, 0.3) is 22.4 Å². The number of carboxylic acid groups (broad SMARTS) is 1. The van der Waals surface area contributed by atoms with Gasteiger partial charge in [0, 0.05) is 64.5 Å². The number of aliphatic carboxylic acids is 1. The Morgan fingerprint density at radius 3 is 2.22 bits per heavy atom. The molecule has 0 radical (unpaired) electrons. The minimum Gasteiger partial charge on any atom is -0.481 e. The molecular formula is C59H66ClFN4O14S2. The molecule has 1 aliphatic heterocycles. The van der Waals surface area contributed by atoms with E-state index < -0.39 is 65.8 Å². The highest BCUT2D eigenvalue weighted by Gasteiger charge is 2.54. The Kier molecular flexibility index (Phi) is 23.0. The summed E-state index contributed by atoms with van der Waals surface area (Å²) in [6, 6.07) is 31.6. The monoisotopic (exact) mass is 1170 g/mol. The summed E-state index contributed by atoms with van der Waals surface area (Å²) < 4.78 is 43.7. The van der Waals surface area contributed by atoms with Gasteiger partial charge < -0.3 is 54.8 Å². The summed E-state index contributed by atoms with van der Waals surface area (Å²) in [5, 5.41) is 26.4. The van der Waals surface area contributed by atoms with E-state index >= 15 is 0 Å². The molecule has 4 aromatic carbocycles. The van der Waals surface area contributed by atoms with E-state index in [1.165, 1.54) is 40.8 Å². The van der Waals surface area contributed by atoms with Crippen molar-refractivity contribution in [2.75, 3.05) is 65.0 Å². The van der Waals surface area contributed by atoms with Gasteiger partial charge in [-0.25, -0.2) is 28.5 Å². The van der Waals surface area contributed by atoms with Gasteiger partial charge in [0.25, 0.3) is 0 Å². The number of amides is 1. The molecule has 1 amide bonds. The van der Waals surface area contributed by atoms with Gasteiger partial charge in [0.2, 0.25) is 0 Å². The SMILES string of the molecule is CCOC(=O)C1=C(COCCNC(=O)OCCSSCCOCOO[C@@H](CCn2c(-c3ccc(F)cc3)c(-c3ccccc3)c3c2C(C)C(N)(c2ccccc2)C3=O)C[C@H](O)CC(=O)O)NC(C)=C(C(=O)OC)C1c1ccccc1Cl. The number of dihydropyridines is 1. The van der Waals surface area contributed by atoms with E-state index in [1.807, 2.05) is 72.2 Å². The van der Waals surface area contributed by atoms with Crippen molar-refractivity contribution in [2.24, 2.45) is 5.73 Å². The van der Waals surface area contributed by atoms with Gasteiger partial charge in [-0.2, -0.15) is 0 Å². The van der Waals surface area contributed by atoms with E-state index in [0.29, 0.717) is 67.1 Å². The van der Waals surface area contributed by atoms with Gasteiger partial charge in [-0.1, -0.05) is 119 Å². The van der Waals surface area contributed by atoms with E-state index in [2.05, 4.69) is 10.6 Å². The quantitative estimate of drug-likeness (QED) is 0.00546. The highest BCUT2D eigenvalue weighted by Crippen LogP contribution is 2.53. The van der Waals surface area contributed by atoms with Crippen molar-refractivity contribution in [1.29, 1.82) is 0 Å². The molecule has 0 fully saturated rings. The van der Waals surface area contributed by atoms with Gasteiger partial charge in [-0.05, 0) is 72.9 Å². The third kappa shape index (κ3) is 15.3. The lowest BCUT2D eigenvalue weighted by molar-refractivity contribution is -0.363. The second-order valence-electron chi connectivity index (χ2n) is 18.9. The smallest absolute Gasteiger partial charge is 0.407 e. The molecule has 0 spiro atoms. The Morgan fingerprint density at radius 2 is 1.54 bits per heavy atom. The van der Waals surface area contributed by atoms with E-state index in [0.717, 1.165) is 5.56 Å². The summed E-state index contributed by atoms with van der Waals surface area (Å²) >= 11 is 6.58. The molecule has 2 heterocycles. The van der Waals surface area contributed by atoms with Gasteiger partial charge in [0.05, 0.1) is 80.6 Å². The van der Waals surface area contributed by atoms with E-state index in [9.17, 15) is 38.6 Å². The van der Waals surface area contributed by atoms with Crippen molar-refractivity contribution >= 4 is 63.0 Å². The Bertz CT molecular complexity index is 3060. The number of carboxylic acids is 1. The van der Waals surface area contributed by atoms with Crippen LogP contribution in [0.15, 0.2) is 132 Å². The maximum Gasteiger partial charge on any atom is 0.407 e. The number of halogens is 2. The largest absolute Gasteiger partial charge is 0.481 e. The fourth-order valence-electron chi connectivity index (χ4n) is 10.0. The van der Waals surface area contributed by atoms with Gasteiger partial charge in [-0.3, -0.25) is 9.59 Å². The number of methoxy groups -OCH3 is 1. The molecule has 5 atom stereocenters. The number of aromatic nitrogens is 1. The Hall–Kier alpha value is -6.53. The number of nitrogens with one attached hydrogen (secondary N) is 2. The molecule has 22 heteroatoms. The molecule has 81 heavy (non-hydrogen) atoms. The Morgan fingerprint density at radius 1 is 0.864 bits per heavy atom. The normalized spacial score (nSPS) is 17.6. The number of benzene rings is 4. The highest BCUT2D eigenvalue weighted by molar-refractivity contribution is 8.76. The first kappa shape index (κ1) is 62.1. The van der Waals surface area contributed by atoms with Crippen LogP contribution in [0, 0.1) is 5.82 Å². The molecule has 1 aromatic heterocycles. The van der Waals surface area contributed by atoms with Crippen molar-refractivity contribution < 1.29 is 72.0 Å². The summed E-state index contributed by atoms with van der Waals surface area (Å²) in [6.45, 7) is 5.74. The number of rotatable bonds is 30. The molecule has 3 unspecified atom stereocenters. The van der Waals surface area contributed by atoms with E-state index in [-0.39, 0.29) is 82.7 Å². The lowest BCUT2D eigenvalue weighted by atomic mass is 9.80. The fourth-order valence-corrected chi connectivity index (χ4v) is 12.0. The Balaban J connectivity index is 0.877. The third-order valence-electron chi connectivity index (χ3n) is 13.7. The summed E-state index contributed by atoms with van der Waals surface area (Å²) in [4.78, 5) is 76.7. The molecule has 2 aliphatic rings. The number of ether oxygens (including phenoxy) is 5. The van der Waals surface area contributed by atoms with Crippen LogP contribution in [0.5, 0.6) is 0 Å². The van der Waals surface area contributed by atoms with Crippen molar-refractivity contribution in [3.63, 3.8) is 0 Å². The minimum atomic E-state index is -1.41. The first-order valence-electron chi connectivity index (χ1n) is 26.3. The maximum absolute atomic E-state index is 14.9. The van der Waals surface area contributed by atoms with Crippen LogP contribution in [-0.2, 0) is 59.9 Å². The summed E-state index contributed by atoms with van der Waals surface area (Å²) in [6.07, 6.45) is -3.21. The van der Waals surface area contributed by atoms with Crippen LogP contribution in [0.3, 0.4) is 0 Å². The molecule has 5 aromatic rings. The number of aliphatic hydroxyl groups is 1. The van der Waals surface area contributed by atoms with Crippen LogP contribution in [0.1, 0.15) is 79.0 Å². The number of fused-ring (bicyclic) bond motifs is 1. The van der Waals surface area contributed by atoms with Crippen molar-refractivity contribution in [3.05, 3.63) is 165 Å². The van der Waals surface area contributed by atoms with Gasteiger partial charge in [0.15, 0.2) is 12.6 Å². The number of esters is 2. The number of carbonyl (C=O) groups is 5. The number of nitrogens with zero attached hydrogens (tertiary/aromatic N) is 1. The summed E-state index contributed by atoms with van der Waals surface area (Å²) in [5.41, 5.74) is 12.0. The molecule has 0 saturated heterocycles. The van der Waals surface area contributed by atoms with Gasteiger partial charge >= 0.3 is 24.0 Å². The number of nitrogens with two attached hydrogens (primary N) is 1. The second-order valence-corrected chi connectivity index (χ2v) is 22.0. The van der Waals surface area contributed by atoms with Crippen molar-refractivity contribution in [3.8, 4) is 22.4 Å². The summed E-state index contributed by atoms with van der Waals surface area (Å²) in [7, 11) is 4.20. The van der Waals surface area contributed by atoms with Crippen molar-refractivity contribution in [1.82, 2.24) is 15.2 Å². The fraction of sp³-hybridized carbons (Fsp3) is 0.373. The zero-order valence-corrected chi connectivity index (χ0v) is 47.7. The molecule has 432 valence electrons. The maximum atomic E-state index is 14.9. The highest BCUT2D eigenvalue weighted by atomic mass is 35.5. The minimum absolute atomic E-state index is 0.0609. The van der Waals surface area contributed by atoms with Gasteiger partial charge in [-0.15, -0.1) is 0 Å². The van der Waals surface area contributed by atoms with E-state index in [4.69, 9.17) is 50.8 Å². The lowest BCUT2D eigenvalue weighted by Gasteiger charge is -2.31. The zero-order chi connectivity index (χ0) is 58.1. The zero-order valence-electron chi connectivity index (χ0n) is 45.3. The number of alkyl carbamates (subject to hydrolysis) is 1. The molecule has 6 N–H and O–H groups in total. The van der Waals surface area contributed by atoms with Crippen LogP contribution >= 0.6 is 33.2 Å². The standard InChI is InChI=1S/C59H66ClFN4O14S2/c1-5-76-57(71)51-46(64-37(3)48(56(70)73-4)50(51)44-18-12-13-19-45(44)60)34-74-27-25-63-58(72)77-29-31-81-80-30-28-75-35-78-79-43(32-42(66)33-47(67)68)24-26-65-53-36(2)59(62,40-16-10-7-11-17-40)55(69)52(53)49(38-14-8-6-9-15-38)54(65)39-20-22-41(61)23-21-39/h6-23,36,42-43,50,64,66H,5,24-35,62H2,1-4H3,(H,63,72)(H,67,68)/t36?,42-,43-,50?,59?/m0/s1. The van der Waals surface area contributed by atoms with Crippen LogP contribution in [0.4, 0.5) is 9.18 Å². The lowest BCUT2D eigenvalue weighted by Crippen LogP contribution is -2.45. The van der Waals surface area contributed by atoms with Crippen molar-refractivity contribution in [2.45, 2.75) is 76.2 Å². The van der Waals surface area contributed by atoms with Gasteiger partial charge in [0.1, 0.15) is 18.0 Å². The second kappa shape index (κ2) is 30.0. The number of allylic oxidation sites excluding steroid dienone is 1. The molecule has 1 aliphatic carbocycles. The average Bonchev–Trinajstić information content (AvgIpc) is 2.62. The molecular weight excluding hydrogens is 1110 g/mol. The van der Waals surface area contributed by atoms with Crippen LogP contribution in [-0.4, -0.2) is 122 Å². The molecule has 18 nitrogen and oxygen atoms in total. The van der Waals surface area contributed by atoms with Crippen LogP contribution < -0.4 is 16.4 Å². The number of ketones is 1. The molecule has 7 rings (SSSR count). The number of aliphatic hydroxyl groups excluding tert-OH is 1. The van der Waals surface area contributed by atoms with Crippen LogP contribution in [0.2, 0.25) is 5.02 Å². The number of hydrogen-bond acceptors (Lipinski definition) is 17. The first-order valence-corrected chi connectivity index (χ1v) is 29.1. The predicted octanol–water partition coefficient (Wildman–Crippen LogP) is 9.45. The number of hydrogen-bond donors (Lipinski definition) is 5. The summed E-state index contributed by atoms with van der Waals surface area (Å²) in [5.74, 6) is -3.59.